The molecule has 4 nitrogen and oxygen atoms in total. The van der Waals surface area contributed by atoms with Gasteiger partial charge in [-0.25, -0.2) is 4.39 Å². The summed E-state index contributed by atoms with van der Waals surface area (Å²) in [6, 6.07) is 6.59. The number of halogens is 1. The molecule has 1 N–H and O–H groups in total. The highest BCUT2D eigenvalue weighted by Gasteiger charge is 2.54. The van der Waals surface area contributed by atoms with Gasteiger partial charge in [0.25, 0.3) is 0 Å². The van der Waals surface area contributed by atoms with Crippen molar-refractivity contribution in [3.05, 3.63) is 35.6 Å². The number of hydrogen-bond donors (Lipinski definition) is 1. The minimum absolute atomic E-state index is 0.00251. The molecule has 25 heavy (non-hydrogen) atoms. The predicted molar refractivity (Wildman–Crippen MR) is 92.3 cm³/mol. The van der Waals surface area contributed by atoms with Crippen LogP contribution in [0.4, 0.5) is 4.39 Å². The van der Waals surface area contributed by atoms with E-state index >= 15 is 0 Å². The van der Waals surface area contributed by atoms with Gasteiger partial charge in [-0.05, 0) is 50.5 Å². The van der Waals surface area contributed by atoms with Crippen LogP contribution in [0.1, 0.15) is 44.1 Å². The highest BCUT2D eigenvalue weighted by molar-refractivity contribution is 5.92. The maximum atomic E-state index is 14.2. The summed E-state index contributed by atoms with van der Waals surface area (Å²) in [5, 5.41) is 3.03. The Morgan fingerprint density at radius 2 is 1.96 bits per heavy atom. The van der Waals surface area contributed by atoms with Crippen molar-refractivity contribution in [3.63, 3.8) is 0 Å². The number of nitrogens with zero attached hydrogens (tertiary/aromatic N) is 1. The first-order valence-electron chi connectivity index (χ1n) is 9.42. The zero-order valence-corrected chi connectivity index (χ0v) is 14.5. The molecule has 1 aromatic carbocycles. The fourth-order valence-electron chi connectivity index (χ4n) is 3.96. The summed E-state index contributed by atoms with van der Waals surface area (Å²) in [5.74, 6) is 0.287. The smallest absolute Gasteiger partial charge is 0.233 e. The van der Waals surface area contributed by atoms with Crippen LogP contribution in [0.2, 0.25) is 0 Å². The lowest BCUT2D eigenvalue weighted by Crippen LogP contribution is -2.49. The van der Waals surface area contributed by atoms with E-state index in [4.69, 9.17) is 0 Å². The number of benzene rings is 1. The van der Waals surface area contributed by atoms with E-state index in [9.17, 15) is 14.0 Å². The number of amides is 2. The van der Waals surface area contributed by atoms with Crippen molar-refractivity contribution >= 4 is 11.8 Å². The molecule has 3 fully saturated rings. The molecule has 2 saturated carbocycles. The average Bonchev–Trinajstić information content (AvgIpc) is 3.54. The monoisotopic (exact) mass is 344 g/mol. The van der Waals surface area contributed by atoms with Crippen molar-refractivity contribution in [3.8, 4) is 0 Å². The third-order valence-corrected chi connectivity index (χ3v) is 5.89. The van der Waals surface area contributed by atoms with Crippen molar-refractivity contribution in [1.29, 1.82) is 0 Å². The molecule has 1 aliphatic heterocycles. The molecule has 1 atom stereocenters. The van der Waals surface area contributed by atoms with Crippen LogP contribution >= 0.6 is 0 Å². The van der Waals surface area contributed by atoms with Crippen LogP contribution in [0.5, 0.6) is 0 Å². The van der Waals surface area contributed by atoms with Crippen LogP contribution in [0, 0.1) is 17.7 Å². The molecule has 2 aliphatic carbocycles. The van der Waals surface area contributed by atoms with Gasteiger partial charge in [0.1, 0.15) is 5.82 Å². The summed E-state index contributed by atoms with van der Waals surface area (Å²) in [7, 11) is 0. The van der Waals surface area contributed by atoms with Crippen LogP contribution in [-0.2, 0) is 15.0 Å². The fourth-order valence-corrected chi connectivity index (χ4v) is 3.96. The molecule has 5 heteroatoms. The van der Waals surface area contributed by atoms with Gasteiger partial charge < -0.3 is 10.2 Å². The normalized spacial score (nSPS) is 24.7. The number of rotatable bonds is 5. The number of piperidine rings is 1. The Kier molecular flexibility index (Phi) is 4.26. The van der Waals surface area contributed by atoms with E-state index in [0.717, 1.165) is 19.4 Å². The summed E-state index contributed by atoms with van der Waals surface area (Å²) >= 11 is 0. The third-order valence-electron chi connectivity index (χ3n) is 5.89. The van der Waals surface area contributed by atoms with E-state index in [1.807, 2.05) is 0 Å². The predicted octanol–water partition coefficient (Wildman–Crippen LogP) is 2.62. The topological polar surface area (TPSA) is 49.4 Å². The molecule has 1 heterocycles. The Morgan fingerprint density at radius 3 is 2.64 bits per heavy atom. The summed E-state index contributed by atoms with van der Waals surface area (Å²) in [4.78, 5) is 27.3. The Bertz CT molecular complexity index is 682. The van der Waals surface area contributed by atoms with Gasteiger partial charge in [-0.3, -0.25) is 9.59 Å². The van der Waals surface area contributed by atoms with Crippen LogP contribution in [-0.4, -0.2) is 36.3 Å². The minimum Gasteiger partial charge on any atom is -0.356 e. The van der Waals surface area contributed by atoms with Crippen molar-refractivity contribution in [2.24, 2.45) is 11.8 Å². The van der Waals surface area contributed by atoms with Gasteiger partial charge in [-0.2, -0.15) is 0 Å². The second-order valence-corrected chi connectivity index (χ2v) is 7.84. The molecule has 4 rings (SSSR count). The van der Waals surface area contributed by atoms with E-state index in [0.29, 0.717) is 37.4 Å². The van der Waals surface area contributed by atoms with Crippen molar-refractivity contribution < 1.29 is 14.0 Å². The van der Waals surface area contributed by atoms with Gasteiger partial charge in [-0.1, -0.05) is 18.2 Å². The van der Waals surface area contributed by atoms with E-state index in [1.165, 1.54) is 18.9 Å². The van der Waals surface area contributed by atoms with Gasteiger partial charge in [0, 0.05) is 25.2 Å². The van der Waals surface area contributed by atoms with Gasteiger partial charge in [0.05, 0.1) is 11.3 Å². The number of nitrogens with one attached hydrogen (secondary N) is 1. The largest absolute Gasteiger partial charge is 0.356 e. The van der Waals surface area contributed by atoms with Gasteiger partial charge in [-0.15, -0.1) is 0 Å². The van der Waals surface area contributed by atoms with Crippen LogP contribution in [0.25, 0.3) is 0 Å². The maximum absolute atomic E-state index is 14.2. The lowest BCUT2D eigenvalue weighted by molar-refractivity contribution is -0.138. The Morgan fingerprint density at radius 1 is 1.20 bits per heavy atom. The van der Waals surface area contributed by atoms with E-state index in [2.05, 4.69) is 5.32 Å². The second-order valence-electron chi connectivity index (χ2n) is 7.84. The molecule has 0 spiro atoms. The molecule has 2 amide bonds. The first-order chi connectivity index (χ1) is 12.1. The number of carbonyl (C=O) groups excluding carboxylic acids is 2. The van der Waals surface area contributed by atoms with Gasteiger partial charge in [0.2, 0.25) is 11.8 Å². The Balaban J connectivity index is 1.43. The van der Waals surface area contributed by atoms with Gasteiger partial charge >= 0.3 is 0 Å². The quantitative estimate of drug-likeness (QED) is 0.893. The first-order valence-corrected chi connectivity index (χ1v) is 9.42. The fraction of sp³-hybridized carbons (Fsp3) is 0.600. The molecule has 0 aromatic heterocycles. The lowest BCUT2D eigenvalue weighted by atomic mass is 9.90. The standard InChI is InChI=1S/C20H25FN2O2/c21-17-6-2-1-5-16(17)20(9-10-20)19(25)23-11-3-4-15(13-23)18(24)22-12-14-7-8-14/h1-2,5-6,14-15H,3-4,7-13H2,(H,22,24)/t15-/m0/s1. The second kappa shape index (κ2) is 6.43. The molecular formula is C20H25FN2O2. The van der Waals surface area contributed by atoms with E-state index in [1.54, 1.807) is 23.1 Å². The number of hydrogen-bond acceptors (Lipinski definition) is 2. The van der Waals surface area contributed by atoms with Crippen molar-refractivity contribution in [1.82, 2.24) is 10.2 Å². The van der Waals surface area contributed by atoms with Crippen LogP contribution in [0.3, 0.4) is 0 Å². The van der Waals surface area contributed by atoms with Crippen LogP contribution in [0.15, 0.2) is 24.3 Å². The lowest BCUT2D eigenvalue weighted by Gasteiger charge is -2.34. The van der Waals surface area contributed by atoms with E-state index < -0.39 is 5.41 Å². The minimum atomic E-state index is -0.697. The third kappa shape index (κ3) is 3.29. The molecule has 1 aromatic rings. The molecular weight excluding hydrogens is 319 g/mol. The maximum Gasteiger partial charge on any atom is 0.233 e. The average molecular weight is 344 g/mol. The van der Waals surface area contributed by atoms with Crippen molar-refractivity contribution in [2.45, 2.75) is 43.9 Å². The molecule has 0 bridgehead atoms. The molecule has 3 aliphatic rings. The summed E-state index contributed by atoms with van der Waals surface area (Å²) in [6.07, 6.45) is 5.47. The molecule has 134 valence electrons. The van der Waals surface area contributed by atoms with Gasteiger partial charge in [0.15, 0.2) is 0 Å². The molecule has 0 unspecified atom stereocenters. The number of likely N-dealkylation sites (tertiary alicyclic amines) is 1. The zero-order chi connectivity index (χ0) is 17.4. The molecule has 0 radical (unpaired) electrons. The Labute approximate surface area is 147 Å². The zero-order valence-electron chi connectivity index (χ0n) is 14.5. The summed E-state index contributed by atoms with van der Waals surface area (Å²) in [6.45, 7) is 1.90. The highest BCUT2D eigenvalue weighted by atomic mass is 19.1. The molecule has 1 saturated heterocycles. The summed E-state index contributed by atoms with van der Waals surface area (Å²) in [5.41, 5.74) is -0.183. The first kappa shape index (κ1) is 16.6. The van der Waals surface area contributed by atoms with Crippen LogP contribution < -0.4 is 5.32 Å². The highest BCUT2D eigenvalue weighted by Crippen LogP contribution is 2.50. The van der Waals surface area contributed by atoms with E-state index in [-0.39, 0.29) is 23.5 Å². The SMILES string of the molecule is O=C(NCC1CC1)[C@H]1CCCN(C(=O)C2(c3ccccc3F)CC2)C1. The van der Waals surface area contributed by atoms with Crippen molar-refractivity contribution in [2.75, 3.05) is 19.6 Å². The number of carbonyl (C=O) groups is 2. The summed E-state index contributed by atoms with van der Waals surface area (Å²) < 4.78 is 14.2. The Hall–Kier alpha value is -1.91.